The van der Waals surface area contributed by atoms with E-state index >= 15 is 0 Å². The van der Waals surface area contributed by atoms with Crippen LogP contribution in [0.3, 0.4) is 0 Å². The van der Waals surface area contributed by atoms with Crippen molar-refractivity contribution >= 4 is 0 Å². The van der Waals surface area contributed by atoms with Crippen LogP contribution in [0.25, 0.3) is 0 Å². The van der Waals surface area contributed by atoms with Crippen molar-refractivity contribution < 1.29 is 4.39 Å². The molecule has 2 aromatic heterocycles. The number of rotatable bonds is 2. The first-order chi connectivity index (χ1) is 7.25. The lowest BCUT2D eigenvalue weighted by atomic mass is 10.3. The molecule has 0 radical (unpaired) electrons. The predicted molar refractivity (Wildman–Crippen MR) is 51.8 cm³/mol. The van der Waals surface area contributed by atoms with Gasteiger partial charge < -0.3 is 0 Å². The van der Waals surface area contributed by atoms with Crippen molar-refractivity contribution in [2.75, 3.05) is 0 Å². The van der Waals surface area contributed by atoms with Gasteiger partial charge in [-0.3, -0.25) is 14.3 Å². The van der Waals surface area contributed by atoms with E-state index in [0.717, 1.165) is 6.20 Å². The zero-order valence-corrected chi connectivity index (χ0v) is 7.80. The molecule has 0 unspecified atom stereocenters. The number of halogens is 1. The summed E-state index contributed by atoms with van der Waals surface area (Å²) in [5, 5.41) is 0. The molecule has 0 aromatic carbocycles. The summed E-state index contributed by atoms with van der Waals surface area (Å²) >= 11 is 0. The maximum atomic E-state index is 12.8. The second kappa shape index (κ2) is 4.00. The average molecular weight is 205 g/mol. The minimum atomic E-state index is -0.413. The molecule has 0 saturated heterocycles. The number of hydrogen-bond donors (Lipinski definition) is 0. The topological polar surface area (TPSA) is 47.8 Å². The highest BCUT2D eigenvalue weighted by atomic mass is 19.1. The molecule has 15 heavy (non-hydrogen) atoms. The Labute approximate surface area is 85.0 Å². The van der Waals surface area contributed by atoms with Crippen LogP contribution < -0.4 is 5.56 Å². The second-order valence-electron chi connectivity index (χ2n) is 3.06. The standard InChI is InChI=1S/C10H8FN3O/c11-9-3-8(4-13-5-9)6-14-7-12-2-1-10(14)15/h1-5,7H,6H2. The highest BCUT2D eigenvalue weighted by molar-refractivity contribution is 5.10. The van der Waals surface area contributed by atoms with Crippen LogP contribution in [-0.2, 0) is 6.54 Å². The maximum absolute atomic E-state index is 12.8. The fraction of sp³-hybridized carbons (Fsp3) is 0.100. The third kappa shape index (κ3) is 2.25. The van der Waals surface area contributed by atoms with Gasteiger partial charge in [0.05, 0.1) is 19.1 Å². The molecule has 2 rings (SSSR count). The largest absolute Gasteiger partial charge is 0.295 e. The van der Waals surface area contributed by atoms with E-state index in [-0.39, 0.29) is 12.1 Å². The SMILES string of the molecule is O=c1ccncn1Cc1cncc(F)c1. The molecule has 0 aliphatic rings. The van der Waals surface area contributed by atoms with Gasteiger partial charge in [0, 0.05) is 18.5 Å². The Hall–Kier alpha value is -2.04. The van der Waals surface area contributed by atoms with Gasteiger partial charge in [-0.15, -0.1) is 0 Å². The van der Waals surface area contributed by atoms with E-state index in [1.165, 1.54) is 35.4 Å². The zero-order chi connectivity index (χ0) is 10.7. The average Bonchev–Trinajstić information content (AvgIpc) is 2.22. The van der Waals surface area contributed by atoms with Crippen molar-refractivity contribution in [2.45, 2.75) is 6.54 Å². The van der Waals surface area contributed by atoms with Crippen LogP contribution in [0.5, 0.6) is 0 Å². The summed E-state index contributed by atoms with van der Waals surface area (Å²) in [6.45, 7) is 0.275. The maximum Gasteiger partial charge on any atom is 0.253 e. The lowest BCUT2D eigenvalue weighted by Crippen LogP contribution is -2.19. The number of nitrogens with zero attached hydrogens (tertiary/aromatic N) is 3. The smallest absolute Gasteiger partial charge is 0.253 e. The Morgan fingerprint density at radius 2 is 2.20 bits per heavy atom. The quantitative estimate of drug-likeness (QED) is 0.729. The fourth-order valence-electron chi connectivity index (χ4n) is 1.24. The first-order valence-electron chi connectivity index (χ1n) is 4.35. The van der Waals surface area contributed by atoms with E-state index in [4.69, 9.17) is 0 Å². The Bertz CT molecular complexity index is 524. The summed E-state index contributed by atoms with van der Waals surface area (Å²) in [7, 11) is 0. The lowest BCUT2D eigenvalue weighted by molar-refractivity contribution is 0.614. The first kappa shape index (κ1) is 9.51. The molecule has 0 saturated carbocycles. The predicted octanol–water partition coefficient (Wildman–Crippen LogP) is 0.826. The van der Waals surface area contributed by atoms with Crippen molar-refractivity contribution in [2.24, 2.45) is 0 Å². The van der Waals surface area contributed by atoms with Gasteiger partial charge >= 0.3 is 0 Å². The third-order valence-electron chi connectivity index (χ3n) is 1.91. The molecular weight excluding hydrogens is 197 g/mol. The van der Waals surface area contributed by atoms with Crippen LogP contribution in [0.1, 0.15) is 5.56 Å². The van der Waals surface area contributed by atoms with Gasteiger partial charge in [0.1, 0.15) is 5.82 Å². The van der Waals surface area contributed by atoms with Crippen LogP contribution in [0.15, 0.2) is 41.8 Å². The summed E-state index contributed by atoms with van der Waals surface area (Å²) in [5.41, 5.74) is 0.458. The van der Waals surface area contributed by atoms with Gasteiger partial charge in [-0.1, -0.05) is 0 Å². The normalized spacial score (nSPS) is 10.2. The summed E-state index contributed by atoms with van der Waals surface area (Å²) in [6, 6.07) is 2.69. The van der Waals surface area contributed by atoms with Crippen molar-refractivity contribution in [1.29, 1.82) is 0 Å². The molecule has 0 spiro atoms. The number of pyridine rings is 1. The van der Waals surface area contributed by atoms with Crippen molar-refractivity contribution in [3.8, 4) is 0 Å². The zero-order valence-electron chi connectivity index (χ0n) is 7.80. The van der Waals surface area contributed by atoms with Crippen LogP contribution in [0.4, 0.5) is 4.39 Å². The summed E-state index contributed by atoms with van der Waals surface area (Å²) < 4.78 is 14.2. The van der Waals surface area contributed by atoms with E-state index in [1.54, 1.807) is 0 Å². The highest BCUT2D eigenvalue weighted by Crippen LogP contribution is 2.01. The van der Waals surface area contributed by atoms with Crippen LogP contribution in [0.2, 0.25) is 0 Å². The summed E-state index contributed by atoms with van der Waals surface area (Å²) in [4.78, 5) is 18.8. The van der Waals surface area contributed by atoms with Crippen molar-refractivity contribution in [3.05, 3.63) is 58.8 Å². The van der Waals surface area contributed by atoms with E-state index < -0.39 is 5.82 Å². The monoisotopic (exact) mass is 205 g/mol. The van der Waals surface area contributed by atoms with Gasteiger partial charge in [-0.05, 0) is 11.6 Å². The molecule has 0 fully saturated rings. The number of hydrogen-bond acceptors (Lipinski definition) is 3. The lowest BCUT2D eigenvalue weighted by Gasteiger charge is -2.03. The Kier molecular flexibility index (Phi) is 2.53. The van der Waals surface area contributed by atoms with Gasteiger partial charge in [-0.25, -0.2) is 9.37 Å². The third-order valence-corrected chi connectivity index (χ3v) is 1.91. The van der Waals surface area contributed by atoms with Gasteiger partial charge in [0.15, 0.2) is 0 Å². The number of aromatic nitrogens is 3. The van der Waals surface area contributed by atoms with Crippen LogP contribution in [0, 0.1) is 5.82 Å². The van der Waals surface area contributed by atoms with Gasteiger partial charge in [0.25, 0.3) is 5.56 Å². The minimum absolute atomic E-state index is 0.172. The highest BCUT2D eigenvalue weighted by Gasteiger charge is 1.99. The molecule has 2 aromatic rings. The van der Waals surface area contributed by atoms with E-state index in [1.807, 2.05) is 0 Å². The first-order valence-corrected chi connectivity index (χ1v) is 4.35. The van der Waals surface area contributed by atoms with Crippen LogP contribution in [-0.4, -0.2) is 14.5 Å². The summed E-state index contributed by atoms with van der Waals surface area (Å²) in [6.07, 6.45) is 5.47. The van der Waals surface area contributed by atoms with E-state index in [9.17, 15) is 9.18 Å². The summed E-state index contributed by atoms with van der Waals surface area (Å²) in [5.74, 6) is -0.413. The molecule has 0 N–H and O–H groups in total. The Morgan fingerprint density at radius 1 is 1.33 bits per heavy atom. The molecule has 0 bridgehead atoms. The molecule has 0 aliphatic heterocycles. The molecule has 4 nitrogen and oxygen atoms in total. The second-order valence-corrected chi connectivity index (χ2v) is 3.06. The molecule has 0 atom stereocenters. The van der Waals surface area contributed by atoms with Gasteiger partial charge in [-0.2, -0.15) is 0 Å². The van der Waals surface area contributed by atoms with E-state index in [0.29, 0.717) is 5.56 Å². The molecule has 0 aliphatic carbocycles. The van der Waals surface area contributed by atoms with E-state index in [2.05, 4.69) is 9.97 Å². The molecule has 76 valence electrons. The van der Waals surface area contributed by atoms with Crippen molar-refractivity contribution in [1.82, 2.24) is 14.5 Å². The van der Waals surface area contributed by atoms with Crippen LogP contribution >= 0.6 is 0 Å². The molecular formula is C10H8FN3O. The Balaban J connectivity index is 2.30. The molecule has 2 heterocycles. The van der Waals surface area contributed by atoms with Crippen molar-refractivity contribution in [3.63, 3.8) is 0 Å². The molecule has 0 amide bonds. The fourth-order valence-corrected chi connectivity index (χ4v) is 1.24. The molecule has 5 heteroatoms. The minimum Gasteiger partial charge on any atom is -0.295 e. The Morgan fingerprint density at radius 3 is 2.93 bits per heavy atom. The van der Waals surface area contributed by atoms with Gasteiger partial charge in [0.2, 0.25) is 0 Å².